The molecule has 2 aromatic carbocycles. The Morgan fingerprint density at radius 2 is 1.21 bits per heavy atom. The van der Waals surface area contributed by atoms with E-state index in [0.29, 0.717) is 11.6 Å². The van der Waals surface area contributed by atoms with E-state index < -0.39 is 134 Å². The van der Waals surface area contributed by atoms with Crippen LogP contribution in [-0.4, -0.2) is 86.4 Å². The van der Waals surface area contributed by atoms with Crippen LogP contribution in [0.15, 0.2) is 66.3 Å². The van der Waals surface area contributed by atoms with Crippen molar-refractivity contribution in [2.45, 2.75) is 119 Å². The van der Waals surface area contributed by atoms with E-state index in [0.717, 1.165) is 18.2 Å². The van der Waals surface area contributed by atoms with Crippen LogP contribution in [0.5, 0.6) is 5.75 Å². The molecule has 0 aliphatic carbocycles. The van der Waals surface area contributed by atoms with E-state index in [1.165, 1.54) is 76.5 Å². The number of anilines is 1. The van der Waals surface area contributed by atoms with E-state index in [-0.39, 0.29) is 11.3 Å². The van der Waals surface area contributed by atoms with Crippen LogP contribution in [0.1, 0.15) is 59.6 Å². The predicted octanol–water partition coefficient (Wildman–Crippen LogP) is 13.5. The van der Waals surface area contributed by atoms with Crippen molar-refractivity contribution in [3.05, 3.63) is 83.5 Å². The molecule has 386 valence electrons. The minimum atomic E-state index is -8.73. The number of carbonyl (C=O) groups is 2. The Morgan fingerprint density at radius 1 is 0.706 bits per heavy atom. The fourth-order valence-electron chi connectivity index (χ4n) is 6.52. The maximum Gasteiger partial charge on any atom is 0.460 e. The van der Waals surface area contributed by atoms with Crippen LogP contribution in [0, 0.1) is 17.6 Å². The molecular weight excluding hydrogens is 993 g/mol. The van der Waals surface area contributed by atoms with Gasteiger partial charge < -0.3 is 13.9 Å². The number of rotatable bonds is 23. The molecule has 0 radical (unpaired) electrons. The third-order valence-corrected chi connectivity index (χ3v) is 16.2. The number of amides is 2. The summed E-state index contributed by atoms with van der Waals surface area (Å²) in [6.07, 6.45) is -8.94. The van der Waals surface area contributed by atoms with Gasteiger partial charge in [-0.2, -0.15) is 74.6 Å². The number of allylic oxidation sites excluding steroid dienone is 2. The highest BCUT2D eigenvalue weighted by Crippen LogP contribution is 2.64. The zero-order valence-electron chi connectivity index (χ0n) is 36.1. The standard InChI is InChI=1S/C40H43F19N2O6Si/c1-21(2)68(22(3)4,18-15-33(43,44)34(45,46)35(47,48)36(49,50)37(51,52)38(53,54)39(55,56)40(57,58)59)66-17-16-65-27-12-9-25(10-13-27)31(24(6)8-7-23(5)19-30(62)61-64)67-32(63)60-29-14-11-26(41)20-28(29)42/h7-14,19-22,24,31,64H,15-18H2,1-6H3,(H,60,63)(H,61,62)/b8-7+,23-19+/t24-,31-/m0/s1. The lowest BCUT2D eigenvalue weighted by molar-refractivity contribution is -0.461. The summed E-state index contributed by atoms with van der Waals surface area (Å²) in [7, 11) is -4.07. The van der Waals surface area contributed by atoms with Crippen LogP contribution in [0.25, 0.3) is 0 Å². The molecule has 0 saturated carbocycles. The van der Waals surface area contributed by atoms with Gasteiger partial charge in [0.1, 0.15) is 30.1 Å². The second kappa shape index (κ2) is 21.5. The zero-order chi connectivity index (χ0) is 52.9. The van der Waals surface area contributed by atoms with E-state index in [2.05, 4.69) is 5.32 Å². The van der Waals surface area contributed by atoms with Crippen LogP contribution in [0.2, 0.25) is 17.1 Å². The van der Waals surface area contributed by atoms with Gasteiger partial charge in [0, 0.05) is 24.5 Å². The van der Waals surface area contributed by atoms with Crippen molar-refractivity contribution in [2.75, 3.05) is 18.5 Å². The molecule has 2 aromatic rings. The van der Waals surface area contributed by atoms with Crippen molar-refractivity contribution < 1.29 is 112 Å². The molecule has 0 fully saturated rings. The minimum Gasteiger partial charge on any atom is -0.491 e. The van der Waals surface area contributed by atoms with Gasteiger partial charge in [-0.25, -0.2) is 19.1 Å². The fraction of sp³-hybridized carbons (Fsp3) is 0.550. The summed E-state index contributed by atoms with van der Waals surface area (Å²) in [5, 5.41) is 10.9. The second-order valence-corrected chi connectivity index (χ2v) is 20.8. The van der Waals surface area contributed by atoms with Crippen LogP contribution in [0.4, 0.5) is 93.9 Å². The molecule has 0 spiro atoms. The first-order valence-corrected chi connectivity index (χ1v) is 21.8. The fourth-order valence-corrected chi connectivity index (χ4v) is 11.0. The van der Waals surface area contributed by atoms with Gasteiger partial charge in [-0.3, -0.25) is 15.3 Å². The number of benzene rings is 2. The maximum atomic E-state index is 15.0. The van der Waals surface area contributed by atoms with Gasteiger partial charge in [0.25, 0.3) is 5.91 Å². The average Bonchev–Trinajstić information content (AvgIpc) is 3.21. The van der Waals surface area contributed by atoms with Crippen molar-refractivity contribution in [3.63, 3.8) is 0 Å². The number of nitrogens with one attached hydrogen (secondary N) is 2. The van der Waals surface area contributed by atoms with Crippen LogP contribution in [0.3, 0.4) is 0 Å². The molecular formula is C40H43F19N2O6Si. The van der Waals surface area contributed by atoms with Gasteiger partial charge >= 0.3 is 53.7 Å². The normalized spacial score (nSPS) is 15.2. The number of hydrogen-bond donors (Lipinski definition) is 3. The smallest absolute Gasteiger partial charge is 0.460 e. The molecule has 2 rings (SSSR count). The highest BCUT2D eigenvalue weighted by molar-refractivity contribution is 6.76. The van der Waals surface area contributed by atoms with Crippen molar-refractivity contribution in [1.82, 2.24) is 5.48 Å². The lowest BCUT2D eigenvalue weighted by Crippen LogP contribution is -2.74. The molecule has 68 heavy (non-hydrogen) atoms. The van der Waals surface area contributed by atoms with E-state index in [9.17, 15) is 84.2 Å². The average molecular weight is 1040 g/mol. The number of hydroxylamine groups is 1. The molecule has 0 saturated heterocycles. The van der Waals surface area contributed by atoms with Crippen LogP contribution in [-0.2, 0) is 14.0 Å². The summed E-state index contributed by atoms with van der Waals surface area (Å²) in [6, 6.07) is 6.21. The summed E-state index contributed by atoms with van der Waals surface area (Å²) in [5.41, 5.74) is -0.352. The third-order valence-electron chi connectivity index (χ3n) is 10.5. The molecule has 0 unspecified atom stereocenters. The molecule has 2 atom stereocenters. The zero-order valence-corrected chi connectivity index (χ0v) is 37.1. The number of ether oxygens (including phenoxy) is 2. The Kier molecular flexibility index (Phi) is 18.8. The molecule has 3 N–H and O–H groups in total. The molecule has 0 heterocycles. The Balaban J connectivity index is 2.34. The van der Waals surface area contributed by atoms with Crippen LogP contribution >= 0.6 is 0 Å². The lowest BCUT2D eigenvalue weighted by atomic mass is 9.88. The largest absolute Gasteiger partial charge is 0.491 e. The summed E-state index contributed by atoms with van der Waals surface area (Å²) in [6.45, 7) is 7.07. The molecule has 28 heteroatoms. The SMILES string of the molecule is CC(/C=C/[C@H](C)[C@H](OC(=O)Nc1ccc(F)cc1F)c1ccc(OCCO[Si](CCC(F)(F)C(F)(F)C(F)(F)C(F)(F)C(F)(F)C(F)(F)C(F)(F)C(F)(F)F)(C(C)C)C(C)C)cc1)=C\C(=O)NO. The van der Waals surface area contributed by atoms with E-state index >= 15 is 8.78 Å². The summed E-state index contributed by atoms with van der Waals surface area (Å²) < 4.78 is 280. The van der Waals surface area contributed by atoms with Gasteiger partial charge in [0.15, 0.2) is 8.32 Å². The van der Waals surface area contributed by atoms with Crippen LogP contribution < -0.4 is 15.5 Å². The van der Waals surface area contributed by atoms with Gasteiger partial charge in [0.2, 0.25) is 0 Å². The highest BCUT2D eigenvalue weighted by atomic mass is 28.4. The van der Waals surface area contributed by atoms with Gasteiger partial charge in [-0.05, 0) is 59.5 Å². The van der Waals surface area contributed by atoms with Gasteiger partial charge in [0.05, 0.1) is 12.3 Å². The van der Waals surface area contributed by atoms with E-state index in [1.54, 1.807) is 6.92 Å². The number of carbonyl (C=O) groups excluding carboxylic acids is 2. The van der Waals surface area contributed by atoms with Gasteiger partial charge in [-0.1, -0.05) is 58.9 Å². The lowest BCUT2D eigenvalue weighted by Gasteiger charge is -2.44. The molecule has 0 aromatic heterocycles. The molecule has 0 aliphatic rings. The summed E-state index contributed by atoms with van der Waals surface area (Å²) in [4.78, 5) is 24.3. The summed E-state index contributed by atoms with van der Waals surface area (Å²) >= 11 is 0. The third kappa shape index (κ3) is 12.2. The van der Waals surface area contributed by atoms with E-state index in [4.69, 9.17) is 19.1 Å². The molecule has 0 bridgehead atoms. The summed E-state index contributed by atoms with van der Waals surface area (Å²) in [5.74, 6) is -60.7. The quantitative estimate of drug-likeness (QED) is 0.0195. The Morgan fingerprint density at radius 3 is 1.68 bits per heavy atom. The van der Waals surface area contributed by atoms with Crippen molar-refractivity contribution in [1.29, 1.82) is 0 Å². The maximum absolute atomic E-state index is 15.0. The molecule has 8 nitrogen and oxygen atoms in total. The monoisotopic (exact) mass is 1040 g/mol. The first-order valence-electron chi connectivity index (χ1n) is 19.5. The number of halogens is 19. The topological polar surface area (TPSA) is 106 Å². The first kappa shape index (κ1) is 59.4. The van der Waals surface area contributed by atoms with Gasteiger partial charge in [-0.15, -0.1) is 0 Å². The Bertz CT molecular complexity index is 2090. The Labute approximate surface area is 375 Å². The van der Waals surface area contributed by atoms with E-state index in [1.807, 2.05) is 0 Å². The minimum absolute atomic E-state index is 0.0250. The molecule has 2 amide bonds. The second-order valence-electron chi connectivity index (χ2n) is 15.8. The molecule has 0 aliphatic heterocycles. The number of hydrogen-bond acceptors (Lipinski definition) is 6. The first-order chi connectivity index (χ1) is 30.7. The Hall–Kier alpha value is -4.73. The number of alkyl halides is 17. The van der Waals surface area contributed by atoms with Crippen molar-refractivity contribution >= 4 is 26.0 Å². The van der Waals surface area contributed by atoms with Crippen molar-refractivity contribution in [2.24, 2.45) is 5.92 Å². The van der Waals surface area contributed by atoms with Crippen molar-refractivity contribution in [3.8, 4) is 5.75 Å². The highest BCUT2D eigenvalue weighted by Gasteiger charge is 2.95. The predicted molar refractivity (Wildman–Crippen MR) is 205 cm³/mol.